The molecule has 0 saturated carbocycles. The molecule has 0 radical (unpaired) electrons. The highest BCUT2D eigenvalue weighted by atomic mass is 35.5. The van der Waals surface area contributed by atoms with Crippen molar-refractivity contribution in [1.29, 1.82) is 0 Å². The number of carbonyl (C=O) groups is 3. The summed E-state index contributed by atoms with van der Waals surface area (Å²) in [4.78, 5) is 41.6. The van der Waals surface area contributed by atoms with Crippen LogP contribution in [0, 0.1) is 6.92 Å². The van der Waals surface area contributed by atoms with Crippen LogP contribution in [0.4, 0.5) is 24.7 Å². The Bertz CT molecular complexity index is 1540. The number of rotatable bonds is 2. The maximum atomic E-state index is 13.3. The van der Waals surface area contributed by atoms with Crippen molar-refractivity contribution >= 4 is 81.9 Å². The zero-order valence-corrected chi connectivity index (χ0v) is 25.3. The maximum absolute atomic E-state index is 13.3. The summed E-state index contributed by atoms with van der Waals surface area (Å²) < 4.78 is 39.9. The fraction of sp³-hybridized carbons (Fsp3) is 0.286. The van der Waals surface area contributed by atoms with E-state index >= 15 is 0 Å². The number of fused-ring (bicyclic) bond motifs is 3. The molecule has 0 bridgehead atoms. The first-order chi connectivity index (χ1) is 20.5. The largest absolute Gasteiger partial charge is 0.417 e. The first-order valence-electron chi connectivity index (χ1n) is 12.6. The van der Waals surface area contributed by atoms with Crippen LogP contribution in [-0.2, 0) is 20.6 Å². The van der Waals surface area contributed by atoms with Crippen LogP contribution in [0.2, 0.25) is 5.02 Å². The molecule has 0 aliphatic carbocycles. The zero-order valence-electron chi connectivity index (χ0n) is 23.7. The number of H-pyrrole nitrogens is 1. The molecule has 2 aromatic heterocycles. The van der Waals surface area contributed by atoms with E-state index in [1.54, 1.807) is 7.05 Å². The van der Waals surface area contributed by atoms with Crippen molar-refractivity contribution in [3.63, 3.8) is 0 Å². The van der Waals surface area contributed by atoms with E-state index in [2.05, 4.69) is 35.4 Å². The van der Waals surface area contributed by atoms with E-state index in [4.69, 9.17) is 33.4 Å². The van der Waals surface area contributed by atoms with Gasteiger partial charge in [0.05, 0.1) is 16.0 Å². The third-order valence-corrected chi connectivity index (χ3v) is 6.96. The normalized spacial score (nSPS) is 12.6. The third-order valence-electron chi connectivity index (χ3n) is 6.28. The number of nitrogens with zero attached hydrogens (tertiary/aromatic N) is 4. The summed E-state index contributed by atoms with van der Waals surface area (Å²) in [6.07, 6.45) is -3.13. The van der Waals surface area contributed by atoms with Gasteiger partial charge in [-0.25, -0.2) is 9.97 Å². The van der Waals surface area contributed by atoms with Crippen LogP contribution in [0.15, 0.2) is 42.7 Å². The number of hydrogen-bond acceptors (Lipinski definition) is 7. The van der Waals surface area contributed by atoms with Gasteiger partial charge in [-0.2, -0.15) is 13.2 Å². The second-order valence-electron chi connectivity index (χ2n) is 9.00. The standard InChI is InChI=1S/C23H20ClF3N6S.C3H7NO.2CH2O/c1-13-2-4-14(5-3-13)30-22(34)33-8-6-32(7-9-33)21-19-15-10-17(24)16(23(25,26)27)11-18(15)31-20(19)28-12-29-21;1-3(5)4-2;2*1-2/h2-5,10-12H,6-9H2,1H3,(H,30,34)(H,28,29,31);1-2H3,(H,4,5);2*1H2. The number of halogens is 4. The lowest BCUT2D eigenvalue weighted by Gasteiger charge is -2.37. The fourth-order valence-electron chi connectivity index (χ4n) is 4.15. The summed E-state index contributed by atoms with van der Waals surface area (Å²) in [7, 11) is 1.60. The molecule has 3 N–H and O–H groups in total. The van der Waals surface area contributed by atoms with Gasteiger partial charge >= 0.3 is 6.18 Å². The van der Waals surface area contributed by atoms with E-state index in [-0.39, 0.29) is 10.9 Å². The van der Waals surface area contributed by atoms with Gasteiger partial charge in [-0.1, -0.05) is 29.3 Å². The SMILES string of the molecule is C=O.C=O.CNC(C)=O.Cc1ccc(NC(=S)N2CCN(c3ncnc4[nH]c5cc(C(F)(F)F)c(Cl)cc5c34)CC2)cc1. The zero-order chi connectivity index (χ0) is 32.3. The number of amides is 1. The van der Waals surface area contributed by atoms with Crippen LogP contribution in [0.25, 0.3) is 21.9 Å². The van der Waals surface area contributed by atoms with Gasteiger partial charge in [0, 0.05) is 56.7 Å². The molecule has 15 heteroatoms. The van der Waals surface area contributed by atoms with Gasteiger partial charge in [-0.15, -0.1) is 0 Å². The first-order valence-corrected chi connectivity index (χ1v) is 13.4. The molecule has 3 heterocycles. The predicted octanol–water partition coefficient (Wildman–Crippen LogP) is 4.99. The molecule has 1 amide bonds. The molecule has 0 unspecified atom stereocenters. The topological polar surface area (TPSA) is 123 Å². The van der Waals surface area contributed by atoms with Crippen molar-refractivity contribution in [2.24, 2.45) is 0 Å². The second-order valence-corrected chi connectivity index (χ2v) is 9.79. The van der Waals surface area contributed by atoms with E-state index < -0.39 is 11.7 Å². The van der Waals surface area contributed by atoms with Crippen molar-refractivity contribution < 1.29 is 27.6 Å². The van der Waals surface area contributed by atoms with Crippen LogP contribution in [0.1, 0.15) is 18.1 Å². The number of aryl methyl sites for hydroxylation is 1. The summed E-state index contributed by atoms with van der Waals surface area (Å²) in [5.41, 5.74) is 2.01. The number of alkyl halides is 3. The Balaban J connectivity index is 0.000000642. The van der Waals surface area contributed by atoms with Crippen molar-refractivity contribution in [1.82, 2.24) is 25.2 Å². The van der Waals surface area contributed by atoms with Crippen LogP contribution < -0.4 is 15.5 Å². The fourth-order valence-corrected chi connectivity index (χ4v) is 4.72. The number of aromatic nitrogens is 3. The molecule has 230 valence electrons. The molecule has 0 spiro atoms. The minimum absolute atomic E-state index is 0.00463. The lowest BCUT2D eigenvalue weighted by Crippen LogP contribution is -2.50. The second kappa shape index (κ2) is 15.8. The Hall–Kier alpha value is -4.30. The van der Waals surface area contributed by atoms with Crippen molar-refractivity contribution in [2.45, 2.75) is 20.0 Å². The summed E-state index contributed by atoms with van der Waals surface area (Å²) in [6, 6.07) is 10.4. The lowest BCUT2D eigenvalue weighted by atomic mass is 10.1. The van der Waals surface area contributed by atoms with E-state index in [1.807, 2.05) is 44.8 Å². The number of aromatic amines is 1. The minimum Gasteiger partial charge on any atom is -0.359 e. The third kappa shape index (κ3) is 8.85. The Kier molecular flexibility index (Phi) is 12.8. The number of hydrogen-bond donors (Lipinski definition) is 3. The number of anilines is 2. The Labute approximate surface area is 256 Å². The molecule has 10 nitrogen and oxygen atoms in total. The minimum atomic E-state index is -4.54. The number of carbonyl (C=O) groups excluding carboxylic acids is 3. The van der Waals surface area contributed by atoms with Gasteiger partial charge in [0.25, 0.3) is 0 Å². The lowest BCUT2D eigenvalue weighted by molar-refractivity contribution is -0.137. The predicted molar refractivity (Wildman–Crippen MR) is 167 cm³/mol. The highest BCUT2D eigenvalue weighted by Crippen LogP contribution is 2.40. The van der Waals surface area contributed by atoms with Gasteiger partial charge in [0.1, 0.15) is 31.4 Å². The average Bonchev–Trinajstić information content (AvgIpc) is 3.37. The molecule has 4 aromatic rings. The molecule has 0 atom stereocenters. The van der Waals surface area contributed by atoms with Crippen LogP contribution in [0.3, 0.4) is 0 Å². The summed E-state index contributed by atoms with van der Waals surface area (Å²) in [6.45, 7) is 10.1. The molecule has 1 saturated heterocycles. The Morgan fingerprint density at radius 3 is 2.16 bits per heavy atom. The average molecular weight is 638 g/mol. The Morgan fingerprint density at radius 2 is 1.63 bits per heavy atom. The first kappa shape index (κ1) is 34.9. The number of thiocarbonyl (C=S) groups is 1. The smallest absolute Gasteiger partial charge is 0.359 e. The van der Waals surface area contributed by atoms with E-state index in [9.17, 15) is 18.0 Å². The number of nitrogens with one attached hydrogen (secondary N) is 3. The van der Waals surface area contributed by atoms with Crippen LogP contribution in [0.5, 0.6) is 0 Å². The quantitative estimate of drug-likeness (QED) is 0.261. The van der Waals surface area contributed by atoms with Crippen LogP contribution in [-0.4, -0.2) is 77.7 Å². The molecule has 5 rings (SSSR count). The van der Waals surface area contributed by atoms with Gasteiger partial charge in [0.2, 0.25) is 5.91 Å². The van der Waals surface area contributed by atoms with E-state index in [0.717, 1.165) is 11.8 Å². The monoisotopic (exact) mass is 637 g/mol. The summed E-state index contributed by atoms with van der Waals surface area (Å²) in [5, 5.41) is 7.16. The highest BCUT2D eigenvalue weighted by Gasteiger charge is 2.34. The molecule has 2 aromatic carbocycles. The molecular weight excluding hydrogens is 607 g/mol. The molecule has 1 aliphatic rings. The Morgan fingerprint density at radius 1 is 1.05 bits per heavy atom. The van der Waals surface area contributed by atoms with E-state index in [0.29, 0.717) is 59.0 Å². The molecule has 1 fully saturated rings. The number of piperazine rings is 1. The number of benzene rings is 2. The van der Waals surface area contributed by atoms with Crippen LogP contribution >= 0.6 is 23.8 Å². The maximum Gasteiger partial charge on any atom is 0.417 e. The van der Waals surface area contributed by atoms with Gasteiger partial charge in [-0.05, 0) is 43.4 Å². The summed E-state index contributed by atoms with van der Waals surface area (Å²) in [5.74, 6) is 0.661. The van der Waals surface area contributed by atoms with Gasteiger partial charge in [0.15, 0.2) is 5.11 Å². The molecule has 43 heavy (non-hydrogen) atoms. The van der Waals surface area contributed by atoms with E-state index in [1.165, 1.54) is 24.9 Å². The van der Waals surface area contributed by atoms with Crippen molar-refractivity contribution in [3.8, 4) is 0 Å². The summed E-state index contributed by atoms with van der Waals surface area (Å²) >= 11 is 11.6. The van der Waals surface area contributed by atoms with Crippen molar-refractivity contribution in [2.75, 3.05) is 43.4 Å². The van der Waals surface area contributed by atoms with Gasteiger partial charge < -0.3 is 35.0 Å². The highest BCUT2D eigenvalue weighted by molar-refractivity contribution is 7.80. The van der Waals surface area contributed by atoms with Crippen molar-refractivity contribution in [3.05, 3.63) is 58.9 Å². The molecular formula is C28H31ClF3N7O3S. The molecule has 1 aliphatic heterocycles. The van der Waals surface area contributed by atoms with Gasteiger partial charge in [-0.3, -0.25) is 4.79 Å².